The molecule has 0 fully saturated rings. The smallest absolute Gasteiger partial charge is 0.259 e. The molecule has 4 rings (SSSR count). The van der Waals surface area contributed by atoms with Crippen molar-refractivity contribution < 1.29 is 14.3 Å². The van der Waals surface area contributed by atoms with E-state index in [0.717, 1.165) is 22.6 Å². The Balaban J connectivity index is 1.33. The summed E-state index contributed by atoms with van der Waals surface area (Å²) in [6.45, 7) is 7.12. The summed E-state index contributed by atoms with van der Waals surface area (Å²) < 4.78 is 14.4. The summed E-state index contributed by atoms with van der Waals surface area (Å²) in [7, 11) is 0. The maximum atomic E-state index is 12.9. The first-order valence-electron chi connectivity index (χ1n) is 11.2. The van der Waals surface area contributed by atoms with E-state index < -0.39 is 0 Å². The predicted octanol–water partition coefficient (Wildman–Crippen LogP) is 2.45. The lowest BCUT2D eigenvalue weighted by molar-refractivity contribution is 0.0466. The third-order valence-electron chi connectivity index (χ3n) is 5.26. The van der Waals surface area contributed by atoms with Crippen molar-refractivity contribution in [1.82, 2.24) is 24.4 Å². The molecule has 0 atom stereocenters. The number of nitrogens with two attached hydrogens (primary N) is 1. The first-order chi connectivity index (χ1) is 16.5. The minimum Gasteiger partial charge on any atom is -0.378 e. The Labute approximate surface area is 197 Å². The average molecular weight is 464 g/mol. The molecule has 10 nitrogen and oxygen atoms in total. The number of nitrogens with zero attached hydrogens (tertiary/aromatic N) is 5. The fourth-order valence-corrected chi connectivity index (χ4v) is 3.60. The topological polar surface area (TPSA) is 122 Å². The Morgan fingerprint density at radius 2 is 1.82 bits per heavy atom. The molecule has 0 radical (unpaired) electrons. The molecule has 3 aromatic heterocycles. The van der Waals surface area contributed by atoms with E-state index in [2.05, 4.69) is 20.6 Å². The minimum atomic E-state index is -0.202. The van der Waals surface area contributed by atoms with Crippen LogP contribution >= 0.6 is 0 Å². The van der Waals surface area contributed by atoms with E-state index in [1.165, 1.54) is 0 Å². The quantitative estimate of drug-likeness (QED) is 0.328. The van der Waals surface area contributed by atoms with Crippen LogP contribution in [0.15, 0.2) is 48.8 Å². The summed E-state index contributed by atoms with van der Waals surface area (Å²) in [5, 5.41) is 11.3. The highest BCUT2D eigenvalue weighted by Crippen LogP contribution is 2.21. The summed E-state index contributed by atoms with van der Waals surface area (Å²) in [4.78, 5) is 17.4. The van der Waals surface area contributed by atoms with E-state index in [1.54, 1.807) is 10.7 Å². The van der Waals surface area contributed by atoms with Crippen LogP contribution in [0.1, 0.15) is 21.7 Å². The van der Waals surface area contributed by atoms with Gasteiger partial charge in [0.15, 0.2) is 0 Å². The molecule has 3 N–H and O–H groups in total. The largest absolute Gasteiger partial charge is 0.378 e. The monoisotopic (exact) mass is 463 g/mol. The second-order valence-corrected chi connectivity index (χ2v) is 7.87. The molecule has 0 spiro atoms. The summed E-state index contributed by atoms with van der Waals surface area (Å²) in [5.41, 5.74) is 10.8. The molecule has 1 aromatic carbocycles. The van der Waals surface area contributed by atoms with Gasteiger partial charge in [-0.05, 0) is 38.1 Å². The molecule has 1 amide bonds. The number of nitrogens with one attached hydrogen (secondary N) is 1. The number of benzene rings is 1. The second kappa shape index (κ2) is 11.0. The zero-order valence-corrected chi connectivity index (χ0v) is 19.4. The van der Waals surface area contributed by atoms with Gasteiger partial charge >= 0.3 is 0 Å². The van der Waals surface area contributed by atoms with Gasteiger partial charge in [-0.25, -0.2) is 9.67 Å². The van der Waals surface area contributed by atoms with Crippen molar-refractivity contribution in [2.75, 3.05) is 38.3 Å². The summed E-state index contributed by atoms with van der Waals surface area (Å²) in [6, 6.07) is 11.3. The number of anilines is 1. The Hall–Kier alpha value is -3.60. The second-order valence-electron chi connectivity index (χ2n) is 7.87. The predicted molar refractivity (Wildman–Crippen MR) is 129 cm³/mol. The van der Waals surface area contributed by atoms with Crippen molar-refractivity contribution in [3.8, 4) is 11.3 Å². The zero-order valence-electron chi connectivity index (χ0n) is 19.4. The Bertz CT molecular complexity index is 1250. The van der Waals surface area contributed by atoms with Crippen molar-refractivity contribution in [1.29, 1.82) is 0 Å². The fourth-order valence-electron chi connectivity index (χ4n) is 3.60. The number of aromatic nitrogens is 5. The molecule has 34 heavy (non-hydrogen) atoms. The number of rotatable bonds is 11. The van der Waals surface area contributed by atoms with E-state index in [4.69, 9.17) is 15.2 Å². The van der Waals surface area contributed by atoms with Gasteiger partial charge in [-0.3, -0.25) is 4.79 Å². The van der Waals surface area contributed by atoms with Gasteiger partial charge in [0.25, 0.3) is 5.91 Å². The third kappa shape index (κ3) is 5.66. The summed E-state index contributed by atoms with van der Waals surface area (Å²) in [6.07, 6.45) is 3.73. The van der Waals surface area contributed by atoms with Crippen molar-refractivity contribution in [3.05, 3.63) is 65.7 Å². The molecule has 0 saturated carbocycles. The molecule has 0 aliphatic carbocycles. The Morgan fingerprint density at radius 3 is 2.59 bits per heavy atom. The van der Waals surface area contributed by atoms with Crippen LogP contribution in [0.3, 0.4) is 0 Å². The van der Waals surface area contributed by atoms with E-state index in [1.807, 2.05) is 61.0 Å². The van der Waals surface area contributed by atoms with Crippen molar-refractivity contribution in [2.24, 2.45) is 5.73 Å². The highest BCUT2D eigenvalue weighted by atomic mass is 16.5. The van der Waals surface area contributed by atoms with Crippen LogP contribution in [-0.2, 0) is 16.0 Å². The van der Waals surface area contributed by atoms with E-state index in [-0.39, 0.29) is 5.91 Å². The van der Waals surface area contributed by atoms with Gasteiger partial charge in [0, 0.05) is 35.4 Å². The summed E-state index contributed by atoms with van der Waals surface area (Å²) in [5.74, 6) is -0.202. The van der Waals surface area contributed by atoms with Gasteiger partial charge in [-0.15, -0.1) is 5.10 Å². The SMILES string of the molecule is Cc1cc(C)n2ccc(C(=O)Nc3ccc(-c4cn(CCOCCOCCN)nn4)cc3)c2n1. The van der Waals surface area contributed by atoms with Gasteiger partial charge in [0.2, 0.25) is 0 Å². The number of carbonyl (C=O) groups excluding carboxylic acids is 1. The molecule has 0 bridgehead atoms. The maximum absolute atomic E-state index is 12.9. The van der Waals surface area contributed by atoms with Gasteiger partial charge in [0.1, 0.15) is 11.3 Å². The lowest BCUT2D eigenvalue weighted by Gasteiger charge is -2.07. The number of hydrogen-bond donors (Lipinski definition) is 2. The molecule has 0 unspecified atom stereocenters. The summed E-state index contributed by atoms with van der Waals surface area (Å²) >= 11 is 0. The van der Waals surface area contributed by atoms with E-state index >= 15 is 0 Å². The van der Waals surface area contributed by atoms with Crippen LogP contribution in [0, 0.1) is 13.8 Å². The van der Waals surface area contributed by atoms with Crippen LogP contribution in [0.25, 0.3) is 16.9 Å². The maximum Gasteiger partial charge on any atom is 0.259 e. The molecular formula is C24H29N7O3. The first-order valence-corrected chi connectivity index (χ1v) is 11.2. The number of hydrogen-bond acceptors (Lipinski definition) is 7. The van der Waals surface area contributed by atoms with Crippen LogP contribution < -0.4 is 11.1 Å². The molecular weight excluding hydrogens is 434 g/mol. The highest BCUT2D eigenvalue weighted by molar-refractivity contribution is 6.08. The van der Waals surface area contributed by atoms with E-state index in [0.29, 0.717) is 56.4 Å². The van der Waals surface area contributed by atoms with Crippen LogP contribution in [0.5, 0.6) is 0 Å². The van der Waals surface area contributed by atoms with Crippen molar-refractivity contribution in [2.45, 2.75) is 20.4 Å². The molecule has 178 valence electrons. The van der Waals surface area contributed by atoms with Gasteiger partial charge in [-0.1, -0.05) is 17.3 Å². The third-order valence-corrected chi connectivity index (χ3v) is 5.26. The molecule has 0 aliphatic heterocycles. The first kappa shape index (κ1) is 23.6. The molecule has 4 aromatic rings. The normalized spacial score (nSPS) is 11.3. The average Bonchev–Trinajstić information content (AvgIpc) is 3.46. The fraction of sp³-hybridized carbons (Fsp3) is 0.333. The lowest BCUT2D eigenvalue weighted by Crippen LogP contribution is -2.13. The molecule has 3 heterocycles. The molecule has 0 saturated heterocycles. The number of aryl methyl sites for hydroxylation is 2. The Kier molecular flexibility index (Phi) is 7.63. The molecule has 0 aliphatic rings. The van der Waals surface area contributed by atoms with Gasteiger partial charge < -0.3 is 24.9 Å². The zero-order chi connectivity index (χ0) is 23.9. The number of carbonyl (C=O) groups is 1. The van der Waals surface area contributed by atoms with Crippen molar-refractivity contribution in [3.63, 3.8) is 0 Å². The van der Waals surface area contributed by atoms with Crippen LogP contribution in [0.4, 0.5) is 5.69 Å². The lowest BCUT2D eigenvalue weighted by atomic mass is 10.1. The molecule has 10 heteroatoms. The number of ether oxygens (including phenoxy) is 2. The number of fused-ring (bicyclic) bond motifs is 1. The van der Waals surface area contributed by atoms with E-state index in [9.17, 15) is 4.79 Å². The standard InChI is InChI=1S/C24H29N7O3/c1-17-15-18(2)31-9-7-21(23(31)26-17)24(32)27-20-5-3-19(4-6-20)22-16-30(29-28-22)10-12-34-14-13-33-11-8-25/h3-7,9,15-16H,8,10-14,25H2,1-2H3,(H,27,32). The Morgan fingerprint density at radius 1 is 1.06 bits per heavy atom. The van der Waals surface area contributed by atoms with Crippen LogP contribution in [0.2, 0.25) is 0 Å². The highest BCUT2D eigenvalue weighted by Gasteiger charge is 2.14. The van der Waals surface area contributed by atoms with Gasteiger partial charge in [-0.2, -0.15) is 0 Å². The van der Waals surface area contributed by atoms with Gasteiger partial charge in [0.05, 0.1) is 44.7 Å². The van der Waals surface area contributed by atoms with Crippen molar-refractivity contribution >= 4 is 17.2 Å². The number of amides is 1. The van der Waals surface area contributed by atoms with Crippen LogP contribution in [-0.4, -0.2) is 63.3 Å². The minimum absolute atomic E-state index is 0.202.